The molecule has 1 amide bonds. The Hall–Kier alpha value is -2.13. The van der Waals surface area contributed by atoms with Crippen LogP contribution in [0.15, 0.2) is 41.8 Å². The van der Waals surface area contributed by atoms with Gasteiger partial charge in [0, 0.05) is 6.92 Å². The van der Waals surface area contributed by atoms with Crippen molar-refractivity contribution in [2.45, 2.75) is 19.6 Å². The normalized spacial score (nSPS) is 11.4. The third-order valence-electron chi connectivity index (χ3n) is 2.84. The average molecular weight is 301 g/mol. The quantitative estimate of drug-likeness (QED) is 0.520. The van der Waals surface area contributed by atoms with E-state index in [0.29, 0.717) is 10.6 Å². The van der Waals surface area contributed by atoms with E-state index in [0.717, 1.165) is 10.4 Å². The molecule has 2 N–H and O–H groups in total. The lowest BCUT2D eigenvalue weighted by Crippen LogP contribution is -2.23. The molecule has 0 aliphatic heterocycles. The molecule has 0 aliphatic rings. The van der Waals surface area contributed by atoms with E-state index in [1.807, 2.05) is 17.5 Å². The second kappa shape index (κ2) is 7.04. The monoisotopic (exact) mass is 301 g/mol. The van der Waals surface area contributed by atoms with Gasteiger partial charge in [0.15, 0.2) is 0 Å². The lowest BCUT2D eigenvalue weighted by Gasteiger charge is -2.13. The van der Waals surface area contributed by atoms with Crippen molar-refractivity contribution < 1.29 is 15.1 Å². The maximum atomic E-state index is 10.9. The zero-order valence-corrected chi connectivity index (χ0v) is 12.3. The highest BCUT2D eigenvalue weighted by atomic mass is 32.1. The summed E-state index contributed by atoms with van der Waals surface area (Å²) in [7, 11) is 0. The predicted molar refractivity (Wildman–Crippen MR) is 80.6 cm³/mol. The van der Waals surface area contributed by atoms with E-state index >= 15 is 0 Å². The van der Waals surface area contributed by atoms with Crippen molar-refractivity contribution in [3.8, 4) is 11.8 Å². The van der Waals surface area contributed by atoms with Gasteiger partial charge in [-0.2, -0.15) is 0 Å². The van der Waals surface area contributed by atoms with Crippen molar-refractivity contribution in [2.75, 3.05) is 0 Å². The molecule has 0 saturated carbocycles. The average Bonchev–Trinajstić information content (AvgIpc) is 2.98. The van der Waals surface area contributed by atoms with Crippen molar-refractivity contribution >= 4 is 17.2 Å². The molecule has 1 aromatic heterocycles. The molecule has 1 aromatic carbocycles. The number of rotatable bonds is 3. The minimum Gasteiger partial charge on any atom is -0.376 e. The molecule has 1 unspecified atom stereocenters. The van der Waals surface area contributed by atoms with Crippen LogP contribution in [0.2, 0.25) is 0 Å². The fourth-order valence-electron chi connectivity index (χ4n) is 1.66. The van der Waals surface area contributed by atoms with Crippen LogP contribution in [-0.2, 0) is 11.3 Å². The van der Waals surface area contributed by atoms with Crippen LogP contribution in [0.3, 0.4) is 0 Å². The molecule has 21 heavy (non-hydrogen) atoms. The van der Waals surface area contributed by atoms with Gasteiger partial charge in [-0.15, -0.1) is 11.3 Å². The molecule has 0 fully saturated rings. The minimum absolute atomic E-state index is 0.118. The molecule has 0 aliphatic carbocycles. The largest absolute Gasteiger partial charge is 0.376 e. The van der Waals surface area contributed by atoms with Gasteiger partial charge in [-0.25, -0.2) is 5.06 Å². The highest BCUT2D eigenvalue weighted by Gasteiger charge is 2.07. The third kappa shape index (κ3) is 4.43. The highest BCUT2D eigenvalue weighted by Crippen LogP contribution is 2.15. The predicted octanol–water partition coefficient (Wildman–Crippen LogP) is 2.57. The van der Waals surface area contributed by atoms with E-state index in [-0.39, 0.29) is 6.54 Å². The highest BCUT2D eigenvalue weighted by molar-refractivity contribution is 7.10. The van der Waals surface area contributed by atoms with Crippen LogP contribution >= 0.6 is 11.3 Å². The van der Waals surface area contributed by atoms with Crippen molar-refractivity contribution in [2.24, 2.45) is 0 Å². The summed E-state index contributed by atoms with van der Waals surface area (Å²) in [5.74, 6) is 5.28. The summed E-state index contributed by atoms with van der Waals surface area (Å²) in [5.41, 5.74) is 1.45. The van der Waals surface area contributed by atoms with Gasteiger partial charge in [0.1, 0.15) is 6.10 Å². The van der Waals surface area contributed by atoms with Crippen LogP contribution in [0.4, 0.5) is 0 Å². The first-order valence-corrected chi connectivity index (χ1v) is 7.23. The molecule has 0 radical (unpaired) electrons. The zero-order valence-electron chi connectivity index (χ0n) is 11.5. The summed E-state index contributed by atoms with van der Waals surface area (Å²) < 4.78 is 0. The van der Waals surface area contributed by atoms with Gasteiger partial charge in [0.05, 0.1) is 11.4 Å². The van der Waals surface area contributed by atoms with Crippen LogP contribution in [-0.4, -0.2) is 21.3 Å². The summed E-state index contributed by atoms with van der Waals surface area (Å²) in [5, 5.41) is 21.9. The number of aliphatic hydroxyl groups excluding tert-OH is 1. The number of thiophene rings is 1. The summed E-state index contributed by atoms with van der Waals surface area (Å²) in [6.45, 7) is 1.41. The Kier molecular flexibility index (Phi) is 5.12. The number of carbonyl (C=O) groups is 1. The minimum atomic E-state index is -0.862. The first-order chi connectivity index (χ1) is 10.1. The number of carbonyl (C=O) groups excluding carboxylic acids is 1. The molecular formula is C16H15NO3S. The van der Waals surface area contributed by atoms with Crippen LogP contribution < -0.4 is 0 Å². The Morgan fingerprint density at radius 2 is 2.05 bits per heavy atom. The van der Waals surface area contributed by atoms with E-state index in [2.05, 4.69) is 11.8 Å². The lowest BCUT2D eigenvalue weighted by atomic mass is 10.1. The van der Waals surface area contributed by atoms with Gasteiger partial charge >= 0.3 is 0 Å². The Labute approximate surface area is 127 Å². The molecule has 5 heteroatoms. The summed E-state index contributed by atoms with van der Waals surface area (Å²) in [4.78, 5) is 11.8. The molecule has 108 valence electrons. The van der Waals surface area contributed by atoms with Crippen LogP contribution in [0.1, 0.15) is 29.0 Å². The topological polar surface area (TPSA) is 60.8 Å². The number of benzene rings is 1. The smallest absolute Gasteiger partial charge is 0.243 e. The number of aliphatic hydroxyl groups is 1. The van der Waals surface area contributed by atoms with E-state index in [1.54, 1.807) is 24.3 Å². The fourth-order valence-corrected chi connectivity index (χ4v) is 2.24. The first kappa shape index (κ1) is 15.3. The Balaban J connectivity index is 2.03. The second-order valence-corrected chi connectivity index (χ2v) is 5.42. The van der Waals surface area contributed by atoms with Crippen molar-refractivity contribution in [3.63, 3.8) is 0 Å². The molecule has 4 nitrogen and oxygen atoms in total. The SMILES string of the molecule is CC(=O)N(O)Cc1ccc(C(O)C#Cc2cccs2)cc1. The van der Waals surface area contributed by atoms with Gasteiger partial charge in [-0.3, -0.25) is 10.0 Å². The standard InChI is InChI=1S/C16H15NO3S/c1-12(18)17(20)11-13-4-6-14(7-5-13)16(19)9-8-15-3-2-10-21-15/h2-7,10,16,19-20H,11H2,1H3. The second-order valence-electron chi connectivity index (χ2n) is 4.47. The van der Waals surface area contributed by atoms with Crippen molar-refractivity contribution in [1.82, 2.24) is 5.06 Å². The van der Waals surface area contributed by atoms with E-state index in [4.69, 9.17) is 0 Å². The lowest BCUT2D eigenvalue weighted by molar-refractivity contribution is -0.165. The molecule has 1 atom stereocenters. The zero-order chi connectivity index (χ0) is 15.2. The van der Waals surface area contributed by atoms with E-state index in [1.165, 1.54) is 18.3 Å². The van der Waals surface area contributed by atoms with Crippen molar-refractivity contribution in [3.05, 3.63) is 57.8 Å². The summed E-state index contributed by atoms with van der Waals surface area (Å²) in [6.07, 6.45) is -0.862. The van der Waals surface area contributed by atoms with Crippen LogP contribution in [0, 0.1) is 11.8 Å². The van der Waals surface area contributed by atoms with Crippen LogP contribution in [0.5, 0.6) is 0 Å². The summed E-state index contributed by atoms with van der Waals surface area (Å²) >= 11 is 1.52. The van der Waals surface area contributed by atoms with Gasteiger partial charge in [0.25, 0.3) is 0 Å². The number of hydrogen-bond acceptors (Lipinski definition) is 4. The molecule has 0 spiro atoms. The maximum Gasteiger partial charge on any atom is 0.243 e. The molecule has 0 bridgehead atoms. The Bertz CT molecular complexity index is 653. The summed E-state index contributed by atoms with van der Waals surface area (Å²) in [6, 6.07) is 10.8. The molecular weight excluding hydrogens is 286 g/mol. The molecule has 1 heterocycles. The molecule has 2 aromatic rings. The number of hydroxylamine groups is 2. The van der Waals surface area contributed by atoms with Crippen molar-refractivity contribution in [1.29, 1.82) is 0 Å². The first-order valence-electron chi connectivity index (χ1n) is 6.35. The third-order valence-corrected chi connectivity index (χ3v) is 3.63. The number of nitrogens with zero attached hydrogens (tertiary/aromatic N) is 1. The Morgan fingerprint density at radius 3 is 2.62 bits per heavy atom. The fraction of sp³-hybridized carbons (Fsp3) is 0.188. The molecule has 0 saturated heterocycles. The van der Waals surface area contributed by atoms with E-state index < -0.39 is 12.0 Å². The molecule has 2 rings (SSSR count). The number of amides is 1. The van der Waals surface area contributed by atoms with E-state index in [9.17, 15) is 15.1 Å². The van der Waals surface area contributed by atoms with Gasteiger partial charge < -0.3 is 5.11 Å². The van der Waals surface area contributed by atoms with Gasteiger partial charge in [-0.05, 0) is 22.6 Å². The van der Waals surface area contributed by atoms with Gasteiger partial charge in [0.2, 0.25) is 5.91 Å². The van der Waals surface area contributed by atoms with Crippen LogP contribution in [0.25, 0.3) is 0 Å². The van der Waals surface area contributed by atoms with Gasteiger partial charge in [-0.1, -0.05) is 42.2 Å². The Morgan fingerprint density at radius 1 is 1.33 bits per heavy atom. The number of hydrogen-bond donors (Lipinski definition) is 2. The maximum absolute atomic E-state index is 10.9.